The molecule has 1 amide bonds. The largest absolute Gasteiger partial charge is 0.301 e. The van der Waals surface area contributed by atoms with E-state index < -0.39 is 15.3 Å². The summed E-state index contributed by atoms with van der Waals surface area (Å²) in [5, 5.41) is 3.39. The van der Waals surface area contributed by atoms with Crippen molar-refractivity contribution >= 4 is 55.2 Å². The highest BCUT2D eigenvalue weighted by molar-refractivity contribution is 7.92. The summed E-state index contributed by atoms with van der Waals surface area (Å²) in [5.74, 6) is 0.707. The van der Waals surface area contributed by atoms with Crippen molar-refractivity contribution in [3.63, 3.8) is 0 Å². The van der Waals surface area contributed by atoms with Crippen LogP contribution in [0.5, 0.6) is 0 Å². The summed E-state index contributed by atoms with van der Waals surface area (Å²) < 4.78 is 24.6. The fourth-order valence-electron chi connectivity index (χ4n) is 4.15. The monoisotopic (exact) mass is 430 g/mol. The number of halogens is 1. The van der Waals surface area contributed by atoms with E-state index in [0.29, 0.717) is 19.6 Å². The third-order valence-electron chi connectivity index (χ3n) is 5.47. The lowest BCUT2D eigenvalue weighted by atomic mass is 9.91. The van der Waals surface area contributed by atoms with Crippen LogP contribution in [0.15, 0.2) is 22.5 Å². The lowest BCUT2D eigenvalue weighted by Crippen LogP contribution is -2.30. The predicted octanol–water partition coefficient (Wildman–Crippen LogP) is 4.35. The number of sulfone groups is 1. The van der Waals surface area contributed by atoms with Crippen molar-refractivity contribution in [3.05, 3.63) is 27.5 Å². The van der Waals surface area contributed by atoms with Gasteiger partial charge in [-0.2, -0.15) is 0 Å². The molecule has 5 nitrogen and oxygen atoms in total. The maximum atomic E-state index is 13.2. The van der Waals surface area contributed by atoms with Gasteiger partial charge in [0.1, 0.15) is 8.55 Å². The van der Waals surface area contributed by atoms with Crippen molar-refractivity contribution in [2.75, 3.05) is 11.6 Å². The van der Waals surface area contributed by atoms with E-state index in [4.69, 9.17) is 11.6 Å². The molecule has 2 atom stereocenters. The molecule has 0 aliphatic heterocycles. The maximum absolute atomic E-state index is 13.2. The first-order valence-corrected chi connectivity index (χ1v) is 12.4. The summed E-state index contributed by atoms with van der Waals surface area (Å²) in [4.78, 5) is 18.2. The minimum Gasteiger partial charge on any atom is -0.301 e. The Bertz CT molecular complexity index is 946. The summed E-state index contributed by atoms with van der Waals surface area (Å²) in [6.07, 6.45) is 8.20. The number of carbonyl (C=O) groups excluding carboxylic acids is 1. The second-order valence-electron chi connectivity index (χ2n) is 7.14. The fraction of sp³-hybridized carbons (Fsp3) is 0.529. The van der Waals surface area contributed by atoms with Crippen molar-refractivity contribution in [1.29, 1.82) is 0 Å². The summed E-state index contributed by atoms with van der Waals surface area (Å²) in [6.45, 7) is 0. The molecule has 2 unspecified atom stereocenters. The van der Waals surface area contributed by atoms with Crippen LogP contribution in [0, 0.1) is 11.8 Å². The maximum Gasteiger partial charge on any atom is 0.237 e. The van der Waals surface area contributed by atoms with E-state index in [9.17, 15) is 13.2 Å². The van der Waals surface area contributed by atoms with Gasteiger partial charge in [-0.05, 0) is 30.4 Å². The van der Waals surface area contributed by atoms with Crippen LogP contribution in [0.25, 0.3) is 0 Å². The van der Waals surface area contributed by atoms with E-state index in [1.165, 1.54) is 48.0 Å². The van der Waals surface area contributed by atoms with E-state index in [1.54, 1.807) is 6.07 Å². The topological polar surface area (TPSA) is 76.1 Å². The molecule has 2 aliphatic carbocycles. The molecule has 4 rings (SSSR count). The first-order valence-electron chi connectivity index (χ1n) is 8.54. The second kappa shape index (κ2) is 6.58. The highest BCUT2D eigenvalue weighted by atomic mass is 35.5. The summed E-state index contributed by atoms with van der Waals surface area (Å²) in [6, 6.07) is 3.43. The van der Waals surface area contributed by atoms with Crippen LogP contribution >= 0.6 is 34.3 Å². The van der Waals surface area contributed by atoms with Crippen LogP contribution in [0.1, 0.15) is 37.0 Å². The van der Waals surface area contributed by atoms with Gasteiger partial charge in [0.2, 0.25) is 5.91 Å². The highest BCUT2D eigenvalue weighted by Gasteiger charge is 2.64. The predicted molar refractivity (Wildman–Crippen MR) is 105 cm³/mol. The van der Waals surface area contributed by atoms with Crippen LogP contribution in [-0.4, -0.2) is 25.6 Å². The Morgan fingerprint density at radius 2 is 2.04 bits per heavy atom. The second-order valence-corrected chi connectivity index (χ2v) is 12.1. The first-order chi connectivity index (χ1) is 12.3. The van der Waals surface area contributed by atoms with Crippen molar-refractivity contribution in [3.8, 4) is 0 Å². The molecule has 2 fully saturated rings. The van der Waals surface area contributed by atoms with E-state index in [0.717, 1.165) is 24.1 Å². The molecule has 2 aliphatic rings. The van der Waals surface area contributed by atoms with Crippen LogP contribution < -0.4 is 5.32 Å². The molecular formula is C17H19ClN2O3S3. The molecule has 2 heterocycles. The van der Waals surface area contributed by atoms with Gasteiger partial charge in [0.05, 0.1) is 11.6 Å². The van der Waals surface area contributed by atoms with Crippen LogP contribution in [0.2, 0.25) is 4.34 Å². The van der Waals surface area contributed by atoms with Crippen molar-refractivity contribution in [2.45, 2.75) is 41.7 Å². The molecule has 0 aromatic carbocycles. The highest BCUT2D eigenvalue weighted by Crippen LogP contribution is 2.62. The van der Waals surface area contributed by atoms with Crippen LogP contribution in [0.4, 0.5) is 5.13 Å². The van der Waals surface area contributed by atoms with Crippen molar-refractivity contribution in [2.24, 2.45) is 11.8 Å². The number of anilines is 1. The Hall–Kier alpha value is -0.960. The zero-order chi connectivity index (χ0) is 18.5. The van der Waals surface area contributed by atoms with E-state index >= 15 is 0 Å². The summed E-state index contributed by atoms with van der Waals surface area (Å²) >= 11 is 8.37. The number of amides is 1. The van der Waals surface area contributed by atoms with Gasteiger partial charge in [-0.15, -0.1) is 11.3 Å². The lowest BCUT2D eigenvalue weighted by Gasteiger charge is -2.18. The molecule has 9 heteroatoms. The Labute approximate surface area is 165 Å². The Kier molecular flexibility index (Phi) is 4.66. The average molecular weight is 431 g/mol. The van der Waals surface area contributed by atoms with E-state index in [-0.39, 0.29) is 11.8 Å². The number of carbonyl (C=O) groups is 1. The minimum atomic E-state index is -3.27. The quantitative estimate of drug-likeness (QED) is 0.765. The smallest absolute Gasteiger partial charge is 0.237 e. The van der Waals surface area contributed by atoms with Gasteiger partial charge in [-0.25, -0.2) is 13.4 Å². The molecule has 0 radical (unpaired) electrons. The number of nitrogens with one attached hydrogen (secondary N) is 1. The van der Waals surface area contributed by atoms with Gasteiger partial charge in [0, 0.05) is 11.1 Å². The molecule has 0 spiro atoms. The molecule has 140 valence electrons. The average Bonchev–Trinajstić information content (AvgIpc) is 3.05. The van der Waals surface area contributed by atoms with Crippen molar-refractivity contribution < 1.29 is 13.2 Å². The van der Waals surface area contributed by atoms with Crippen molar-refractivity contribution in [1.82, 2.24) is 4.98 Å². The molecule has 0 bridgehead atoms. The number of thiazole rings is 1. The zero-order valence-corrected chi connectivity index (χ0v) is 17.4. The summed E-state index contributed by atoms with van der Waals surface area (Å²) in [7, 11) is -3.27. The molecular weight excluding hydrogens is 412 g/mol. The van der Waals surface area contributed by atoms with Gasteiger partial charge in [0.25, 0.3) is 0 Å². The third kappa shape index (κ3) is 3.21. The number of rotatable bonds is 5. The van der Waals surface area contributed by atoms with Gasteiger partial charge < -0.3 is 5.32 Å². The summed E-state index contributed by atoms with van der Waals surface area (Å²) in [5.41, 5.74) is -0.638. The van der Waals surface area contributed by atoms with Gasteiger partial charge >= 0.3 is 0 Å². The molecule has 1 N–H and O–H groups in total. The molecule has 2 saturated carbocycles. The van der Waals surface area contributed by atoms with E-state index in [2.05, 4.69) is 10.3 Å². The number of hydrogen-bond acceptors (Lipinski definition) is 6. The molecule has 0 saturated heterocycles. The number of hydrogen-bond donors (Lipinski definition) is 1. The Balaban J connectivity index is 1.66. The zero-order valence-electron chi connectivity index (χ0n) is 14.2. The van der Waals surface area contributed by atoms with E-state index in [1.807, 2.05) is 6.07 Å². The van der Waals surface area contributed by atoms with Gasteiger partial charge in [0.15, 0.2) is 15.0 Å². The molecule has 26 heavy (non-hydrogen) atoms. The number of nitrogens with zero attached hydrogens (tertiary/aromatic N) is 1. The Morgan fingerprint density at radius 3 is 2.62 bits per heavy atom. The first kappa shape index (κ1) is 18.4. The van der Waals surface area contributed by atoms with Crippen LogP contribution in [0.3, 0.4) is 0 Å². The van der Waals surface area contributed by atoms with Gasteiger partial charge in [-0.3, -0.25) is 4.79 Å². The fourth-order valence-corrected chi connectivity index (χ4v) is 7.15. The van der Waals surface area contributed by atoms with Gasteiger partial charge in [-0.1, -0.05) is 48.6 Å². The lowest BCUT2D eigenvalue weighted by molar-refractivity contribution is -0.119. The standard InChI is InChI=1S/C17H19ClN2O3S3/c1-26(22,23)14-7-6-12(24-14)17(8-11(17)10-4-2-3-5-10)15(21)20-16-19-9-13(18)25-16/h6-7,9-11H,2-5,8H2,1H3,(H,19,20,21). The third-order valence-corrected chi connectivity index (χ3v) is 9.59. The normalized spacial score (nSPS) is 26.2. The minimum absolute atomic E-state index is 0.0951. The SMILES string of the molecule is CS(=O)(=O)c1ccc(C2(C(=O)Nc3ncc(Cl)s3)CC2C2CCCC2)s1. The molecule has 2 aromatic heterocycles. The number of aromatic nitrogens is 1. The van der Waals surface area contributed by atoms with Crippen LogP contribution in [-0.2, 0) is 20.0 Å². The number of thiophene rings is 1. The molecule has 2 aromatic rings. The Morgan fingerprint density at radius 1 is 1.31 bits per heavy atom.